The highest BCUT2D eigenvalue weighted by molar-refractivity contribution is 7.91. The van der Waals surface area contributed by atoms with Crippen LogP contribution in [0.4, 0.5) is 13.2 Å². The largest absolute Gasteiger partial charge is 0.467 e. The molecule has 0 fully saturated rings. The van der Waals surface area contributed by atoms with Crippen molar-refractivity contribution in [1.29, 1.82) is 0 Å². The number of sulfone groups is 1. The first kappa shape index (κ1) is 22.5. The molecule has 0 spiro atoms. The second-order valence-electron chi connectivity index (χ2n) is 6.89. The van der Waals surface area contributed by atoms with E-state index in [2.05, 4.69) is 40.4 Å². The number of nitrogens with zero attached hydrogens (tertiary/aromatic N) is 9. The van der Waals surface area contributed by atoms with E-state index < -0.39 is 22.6 Å². The first-order valence-electron chi connectivity index (χ1n) is 9.36. The molecule has 33 heavy (non-hydrogen) atoms. The van der Waals surface area contributed by atoms with E-state index in [0.29, 0.717) is 11.4 Å². The average Bonchev–Trinajstić information content (AvgIpc) is 3.34. The third-order valence-corrected chi connectivity index (χ3v) is 6.38. The van der Waals surface area contributed by atoms with Crippen LogP contribution in [0.3, 0.4) is 0 Å². The topological polar surface area (TPSA) is 143 Å². The highest BCUT2D eigenvalue weighted by Crippen LogP contribution is 2.31. The summed E-state index contributed by atoms with van der Waals surface area (Å²) in [5.41, 5.74) is 0.768. The molecule has 0 aromatic carbocycles. The summed E-state index contributed by atoms with van der Waals surface area (Å²) in [6, 6.07) is 2.58. The van der Waals surface area contributed by atoms with Crippen molar-refractivity contribution in [3.63, 3.8) is 0 Å². The normalized spacial score (nSPS) is 12.4. The van der Waals surface area contributed by atoms with Crippen LogP contribution in [0.1, 0.15) is 6.92 Å². The van der Waals surface area contributed by atoms with Gasteiger partial charge < -0.3 is 9.30 Å². The summed E-state index contributed by atoms with van der Waals surface area (Å²) in [5, 5.41) is 18.6. The predicted molar refractivity (Wildman–Crippen MR) is 107 cm³/mol. The van der Waals surface area contributed by atoms with Crippen molar-refractivity contribution < 1.29 is 26.3 Å². The summed E-state index contributed by atoms with van der Waals surface area (Å²) >= 11 is 0. The minimum atomic E-state index is -4.54. The van der Waals surface area contributed by atoms with Gasteiger partial charge in [-0.1, -0.05) is 6.92 Å². The third-order valence-electron chi connectivity index (χ3n) is 4.64. The number of tetrazole rings is 1. The van der Waals surface area contributed by atoms with Gasteiger partial charge in [-0.25, -0.2) is 18.1 Å². The van der Waals surface area contributed by atoms with Gasteiger partial charge in [-0.3, -0.25) is 4.98 Å². The standard InChI is InChI=1S/C17H16F3N9O3S/c1-4-33(30,31)11-5-9(14-25-26-27-29(14)3)7-21-13(11)16-22-10-6-12(32-8-17(18,19)20)23-24-15(10)28(16)2/h5-7H,4,8H2,1-3H3. The van der Waals surface area contributed by atoms with Gasteiger partial charge in [0.05, 0.1) is 10.6 Å². The minimum absolute atomic E-state index is 0.0361. The number of fused-ring (bicyclic) bond motifs is 1. The van der Waals surface area contributed by atoms with E-state index >= 15 is 0 Å². The number of ether oxygens (including phenoxy) is 1. The number of halogens is 3. The maximum atomic E-state index is 12.9. The van der Waals surface area contributed by atoms with E-state index in [4.69, 9.17) is 0 Å². The Morgan fingerprint density at radius 2 is 1.85 bits per heavy atom. The number of aromatic nitrogens is 9. The van der Waals surface area contributed by atoms with Gasteiger partial charge in [0.25, 0.3) is 0 Å². The van der Waals surface area contributed by atoms with E-state index in [0.717, 1.165) is 0 Å². The number of imidazole rings is 1. The van der Waals surface area contributed by atoms with Crippen molar-refractivity contribution in [3.8, 4) is 28.8 Å². The van der Waals surface area contributed by atoms with Gasteiger partial charge in [0.2, 0.25) is 5.88 Å². The van der Waals surface area contributed by atoms with E-state index in [1.54, 1.807) is 14.1 Å². The zero-order valence-electron chi connectivity index (χ0n) is 17.4. The van der Waals surface area contributed by atoms with Crippen molar-refractivity contribution in [2.24, 2.45) is 14.1 Å². The molecule has 4 aromatic rings. The zero-order chi connectivity index (χ0) is 24.0. The van der Waals surface area contributed by atoms with Crippen LogP contribution in [0.25, 0.3) is 34.1 Å². The lowest BCUT2D eigenvalue weighted by Crippen LogP contribution is -2.19. The van der Waals surface area contributed by atoms with Crippen molar-refractivity contribution in [1.82, 2.24) is 44.9 Å². The fourth-order valence-electron chi connectivity index (χ4n) is 3.01. The first-order chi connectivity index (χ1) is 15.5. The van der Waals surface area contributed by atoms with Crippen LogP contribution < -0.4 is 4.74 Å². The SMILES string of the molecule is CCS(=O)(=O)c1cc(-c2nnnn2C)cnc1-c1nc2cc(OCC(F)(F)F)nnc2n1C. The Morgan fingerprint density at radius 3 is 2.48 bits per heavy atom. The Kier molecular flexibility index (Phi) is 5.47. The van der Waals surface area contributed by atoms with Crippen LogP contribution in [0.5, 0.6) is 5.88 Å². The lowest BCUT2D eigenvalue weighted by molar-refractivity contribution is -0.154. The molecule has 4 heterocycles. The summed E-state index contributed by atoms with van der Waals surface area (Å²) < 4.78 is 70.4. The molecular weight excluding hydrogens is 467 g/mol. The molecule has 0 radical (unpaired) electrons. The monoisotopic (exact) mass is 483 g/mol. The molecule has 4 rings (SSSR count). The van der Waals surface area contributed by atoms with Gasteiger partial charge in [-0.2, -0.15) is 13.2 Å². The van der Waals surface area contributed by atoms with Crippen LogP contribution in [-0.4, -0.2) is 71.9 Å². The maximum Gasteiger partial charge on any atom is 0.422 e. The van der Waals surface area contributed by atoms with Crippen molar-refractivity contribution in [2.45, 2.75) is 18.0 Å². The minimum Gasteiger partial charge on any atom is -0.467 e. The molecule has 0 aliphatic heterocycles. The number of aryl methyl sites for hydroxylation is 2. The van der Waals surface area contributed by atoms with Crippen molar-refractivity contribution in [2.75, 3.05) is 12.4 Å². The molecule has 4 aromatic heterocycles. The van der Waals surface area contributed by atoms with Gasteiger partial charge in [0.1, 0.15) is 11.2 Å². The lowest BCUT2D eigenvalue weighted by Gasteiger charge is -2.10. The molecule has 0 saturated heterocycles. The third kappa shape index (κ3) is 4.33. The van der Waals surface area contributed by atoms with E-state index in [9.17, 15) is 21.6 Å². The molecule has 0 N–H and O–H groups in total. The predicted octanol–water partition coefficient (Wildman–Crippen LogP) is 1.35. The molecule has 0 saturated carbocycles. The van der Waals surface area contributed by atoms with Crippen LogP contribution in [-0.2, 0) is 23.9 Å². The number of pyridine rings is 1. The number of rotatable bonds is 6. The number of alkyl halides is 3. The Bertz CT molecular complexity index is 1450. The van der Waals surface area contributed by atoms with Crippen LogP contribution in [0, 0.1) is 0 Å². The second kappa shape index (κ2) is 8.02. The number of hydrogen-bond donors (Lipinski definition) is 0. The zero-order valence-corrected chi connectivity index (χ0v) is 18.3. The summed E-state index contributed by atoms with van der Waals surface area (Å²) in [6.07, 6.45) is -3.14. The molecule has 12 nitrogen and oxygen atoms in total. The molecular formula is C17H16F3N9O3S. The molecule has 0 amide bonds. The van der Waals surface area contributed by atoms with Crippen LogP contribution >= 0.6 is 0 Å². The van der Waals surface area contributed by atoms with E-state index in [-0.39, 0.29) is 39.2 Å². The van der Waals surface area contributed by atoms with E-state index in [1.807, 2.05) is 0 Å². The molecule has 0 bridgehead atoms. The molecule has 174 valence electrons. The molecule has 16 heteroatoms. The molecule has 0 unspecified atom stereocenters. The highest BCUT2D eigenvalue weighted by atomic mass is 32.2. The first-order valence-corrected chi connectivity index (χ1v) is 11.0. The Hall–Kier alpha value is -3.69. The molecule has 0 aliphatic carbocycles. The maximum absolute atomic E-state index is 12.9. The van der Waals surface area contributed by atoms with Gasteiger partial charge in [-0.15, -0.1) is 15.3 Å². The summed E-state index contributed by atoms with van der Waals surface area (Å²) in [4.78, 5) is 8.53. The lowest BCUT2D eigenvalue weighted by atomic mass is 10.2. The van der Waals surface area contributed by atoms with Gasteiger partial charge in [0.15, 0.2) is 33.7 Å². The van der Waals surface area contributed by atoms with Crippen molar-refractivity contribution in [3.05, 3.63) is 18.3 Å². The molecule has 0 atom stereocenters. The summed E-state index contributed by atoms with van der Waals surface area (Å²) in [7, 11) is -0.617. The Balaban J connectivity index is 1.84. The second-order valence-corrected chi connectivity index (χ2v) is 9.14. The van der Waals surface area contributed by atoms with Crippen molar-refractivity contribution >= 4 is 21.0 Å². The Labute approximate surface area is 184 Å². The van der Waals surface area contributed by atoms with Gasteiger partial charge >= 0.3 is 6.18 Å². The van der Waals surface area contributed by atoms with Gasteiger partial charge in [0, 0.05) is 31.9 Å². The van der Waals surface area contributed by atoms with E-state index in [1.165, 1.54) is 34.5 Å². The average molecular weight is 483 g/mol. The summed E-state index contributed by atoms with van der Waals surface area (Å²) in [5.74, 6) is -0.142. The smallest absolute Gasteiger partial charge is 0.422 e. The van der Waals surface area contributed by atoms with Crippen LogP contribution in [0.15, 0.2) is 23.2 Å². The number of hydrogen-bond acceptors (Lipinski definition) is 10. The van der Waals surface area contributed by atoms with Gasteiger partial charge in [-0.05, 0) is 16.5 Å². The quantitative estimate of drug-likeness (QED) is 0.394. The highest BCUT2D eigenvalue weighted by Gasteiger charge is 2.29. The fraction of sp³-hybridized carbons (Fsp3) is 0.353. The summed E-state index contributed by atoms with van der Waals surface area (Å²) in [6.45, 7) is -0.0496. The molecule has 0 aliphatic rings. The fourth-order valence-corrected chi connectivity index (χ4v) is 4.06. The Morgan fingerprint density at radius 1 is 1.09 bits per heavy atom. The van der Waals surface area contributed by atoms with Crippen LogP contribution in [0.2, 0.25) is 0 Å².